The lowest BCUT2D eigenvalue weighted by molar-refractivity contribution is -0.148. The second-order valence-electron chi connectivity index (χ2n) is 2.82. The third-order valence-electron chi connectivity index (χ3n) is 1.48. The molecule has 5 heteroatoms. The lowest BCUT2D eigenvalue weighted by atomic mass is 10.3. The molecule has 15 heavy (non-hydrogen) atoms. The Morgan fingerprint density at radius 2 is 2.13 bits per heavy atom. The predicted octanol–water partition coefficient (Wildman–Crippen LogP) is 1.11. The fraction of sp³-hybridized carbons (Fsp3) is 0.400. The molecule has 0 amide bonds. The van der Waals surface area contributed by atoms with Gasteiger partial charge in [0.15, 0.2) is 5.76 Å². The number of hydrogen-bond acceptors (Lipinski definition) is 5. The molecule has 0 bridgehead atoms. The van der Waals surface area contributed by atoms with Crippen molar-refractivity contribution in [3.05, 3.63) is 25.0 Å². The van der Waals surface area contributed by atoms with Gasteiger partial charge in [-0.05, 0) is 13.5 Å². The highest BCUT2D eigenvalue weighted by atomic mass is 16.6. The quantitative estimate of drug-likeness (QED) is 0.407. The number of ether oxygens (including phenoxy) is 2. The molecule has 5 nitrogen and oxygen atoms in total. The summed E-state index contributed by atoms with van der Waals surface area (Å²) < 4.78 is 9.39. The zero-order valence-electron chi connectivity index (χ0n) is 8.56. The van der Waals surface area contributed by atoms with Gasteiger partial charge in [0.2, 0.25) is 0 Å². The van der Waals surface area contributed by atoms with Crippen molar-refractivity contribution in [2.75, 3.05) is 6.61 Å². The van der Waals surface area contributed by atoms with Crippen molar-refractivity contribution >= 4 is 11.9 Å². The summed E-state index contributed by atoms with van der Waals surface area (Å²) >= 11 is 0. The maximum absolute atomic E-state index is 10.8. The fourth-order valence-electron chi connectivity index (χ4n) is 0.694. The molecule has 0 aliphatic carbocycles. The molecule has 0 aliphatic heterocycles. The summed E-state index contributed by atoms with van der Waals surface area (Å²) in [6.45, 7) is 7.97. The molecule has 0 fully saturated rings. The lowest BCUT2D eigenvalue weighted by Gasteiger charge is -2.12. The molecule has 0 saturated carbocycles. The molecular weight excluding hydrogens is 200 g/mol. The minimum Gasteiger partial charge on any atom is -0.502 e. The Hall–Kier alpha value is -1.78. The molecule has 0 rings (SSSR count). The minimum atomic E-state index is -0.877. The Bertz CT molecular complexity index is 269. The molecule has 1 N–H and O–H groups in total. The van der Waals surface area contributed by atoms with Crippen LogP contribution in [0.4, 0.5) is 0 Å². The van der Waals surface area contributed by atoms with E-state index in [1.807, 2.05) is 0 Å². The van der Waals surface area contributed by atoms with Gasteiger partial charge in [-0.3, -0.25) is 0 Å². The lowest BCUT2D eigenvalue weighted by Crippen LogP contribution is -2.18. The van der Waals surface area contributed by atoms with Gasteiger partial charge >= 0.3 is 11.9 Å². The van der Waals surface area contributed by atoms with E-state index in [-0.39, 0.29) is 6.61 Å². The Morgan fingerprint density at radius 1 is 1.53 bits per heavy atom. The van der Waals surface area contributed by atoms with Crippen LogP contribution in [0.3, 0.4) is 0 Å². The smallest absolute Gasteiger partial charge is 0.372 e. The summed E-state index contributed by atoms with van der Waals surface area (Å²) in [6.07, 6.45) is 0.934. The summed E-state index contributed by atoms with van der Waals surface area (Å²) in [6, 6.07) is 0. The van der Waals surface area contributed by atoms with Crippen LogP contribution in [0.1, 0.15) is 13.3 Å². The predicted molar refractivity (Wildman–Crippen MR) is 53.1 cm³/mol. The Morgan fingerprint density at radius 3 is 2.60 bits per heavy atom. The molecule has 0 heterocycles. The molecule has 1 atom stereocenters. The molecule has 0 aromatic rings. The van der Waals surface area contributed by atoms with E-state index in [0.717, 1.165) is 6.08 Å². The SMILES string of the molecule is C=CC(=O)OCCC(C)OC(=O)C(=C)O. The Balaban J connectivity index is 3.70. The van der Waals surface area contributed by atoms with Crippen LogP contribution in [0, 0.1) is 0 Å². The molecule has 0 radical (unpaired) electrons. The Kier molecular flexibility index (Phi) is 5.85. The molecule has 0 saturated heterocycles. The second kappa shape index (κ2) is 6.64. The standard InChI is InChI=1S/C10H14O5/c1-4-9(12)14-6-5-7(2)15-10(13)8(3)11/h4,7,11H,1,3,5-6H2,2H3. The molecule has 84 valence electrons. The normalized spacial score (nSPS) is 11.3. The van der Waals surface area contributed by atoms with Gasteiger partial charge in [0, 0.05) is 12.5 Å². The van der Waals surface area contributed by atoms with Crippen molar-refractivity contribution in [2.45, 2.75) is 19.4 Å². The van der Waals surface area contributed by atoms with Crippen molar-refractivity contribution in [2.24, 2.45) is 0 Å². The van der Waals surface area contributed by atoms with Gasteiger partial charge < -0.3 is 14.6 Å². The number of carbonyl (C=O) groups excluding carboxylic acids is 2. The summed E-state index contributed by atoms with van der Waals surface area (Å²) in [5, 5.41) is 8.65. The number of aliphatic hydroxyl groups is 1. The molecule has 0 spiro atoms. The van der Waals surface area contributed by atoms with Crippen LogP contribution >= 0.6 is 0 Å². The topological polar surface area (TPSA) is 72.8 Å². The van der Waals surface area contributed by atoms with Gasteiger partial charge in [-0.1, -0.05) is 6.58 Å². The van der Waals surface area contributed by atoms with Crippen molar-refractivity contribution in [1.82, 2.24) is 0 Å². The zero-order chi connectivity index (χ0) is 11.8. The van der Waals surface area contributed by atoms with Crippen LogP contribution in [0.15, 0.2) is 25.0 Å². The molecular formula is C10H14O5. The van der Waals surface area contributed by atoms with E-state index in [2.05, 4.69) is 17.9 Å². The first-order valence-corrected chi connectivity index (χ1v) is 4.35. The summed E-state index contributed by atoms with van der Waals surface area (Å²) in [4.78, 5) is 21.4. The third kappa shape index (κ3) is 6.31. The minimum absolute atomic E-state index is 0.122. The highest BCUT2D eigenvalue weighted by Crippen LogP contribution is 2.01. The first-order valence-electron chi connectivity index (χ1n) is 4.35. The van der Waals surface area contributed by atoms with Gasteiger partial charge in [0.25, 0.3) is 0 Å². The zero-order valence-corrected chi connectivity index (χ0v) is 8.56. The molecule has 0 aromatic heterocycles. The van der Waals surface area contributed by atoms with Gasteiger partial charge in [0.1, 0.15) is 6.10 Å². The monoisotopic (exact) mass is 214 g/mol. The average Bonchev–Trinajstić information content (AvgIpc) is 2.17. The number of hydrogen-bond donors (Lipinski definition) is 1. The third-order valence-corrected chi connectivity index (χ3v) is 1.48. The molecule has 0 aromatic carbocycles. The summed E-state index contributed by atoms with van der Waals surface area (Å²) in [5.74, 6) is -2.05. The van der Waals surface area contributed by atoms with Crippen LogP contribution < -0.4 is 0 Å². The highest BCUT2D eigenvalue weighted by molar-refractivity contribution is 5.85. The van der Waals surface area contributed by atoms with E-state index in [9.17, 15) is 9.59 Å². The molecule has 1 unspecified atom stereocenters. The second-order valence-corrected chi connectivity index (χ2v) is 2.82. The van der Waals surface area contributed by atoms with Gasteiger partial charge in [-0.15, -0.1) is 0 Å². The van der Waals surface area contributed by atoms with E-state index in [1.165, 1.54) is 0 Å². The summed E-state index contributed by atoms with van der Waals surface area (Å²) in [7, 11) is 0. The number of rotatable bonds is 6. The number of aliphatic hydroxyl groups excluding tert-OH is 1. The number of esters is 2. The number of carbonyl (C=O) groups is 2. The maximum Gasteiger partial charge on any atom is 0.372 e. The van der Waals surface area contributed by atoms with Gasteiger partial charge in [-0.25, -0.2) is 9.59 Å². The van der Waals surface area contributed by atoms with Crippen LogP contribution in [0.25, 0.3) is 0 Å². The van der Waals surface area contributed by atoms with E-state index < -0.39 is 23.8 Å². The van der Waals surface area contributed by atoms with E-state index in [0.29, 0.717) is 6.42 Å². The van der Waals surface area contributed by atoms with E-state index in [1.54, 1.807) is 6.92 Å². The van der Waals surface area contributed by atoms with Crippen molar-refractivity contribution < 1.29 is 24.2 Å². The van der Waals surface area contributed by atoms with Crippen molar-refractivity contribution in [3.8, 4) is 0 Å². The average molecular weight is 214 g/mol. The highest BCUT2D eigenvalue weighted by Gasteiger charge is 2.12. The largest absolute Gasteiger partial charge is 0.502 e. The van der Waals surface area contributed by atoms with Crippen LogP contribution in [0.2, 0.25) is 0 Å². The maximum atomic E-state index is 10.8. The Labute approximate surface area is 88.0 Å². The van der Waals surface area contributed by atoms with Crippen molar-refractivity contribution in [3.63, 3.8) is 0 Å². The van der Waals surface area contributed by atoms with Crippen LogP contribution in [-0.2, 0) is 19.1 Å². The fourth-order valence-corrected chi connectivity index (χ4v) is 0.694. The van der Waals surface area contributed by atoms with Gasteiger partial charge in [-0.2, -0.15) is 0 Å². The first kappa shape index (κ1) is 13.2. The van der Waals surface area contributed by atoms with Crippen molar-refractivity contribution in [1.29, 1.82) is 0 Å². The summed E-state index contributed by atoms with van der Waals surface area (Å²) in [5.41, 5.74) is 0. The van der Waals surface area contributed by atoms with E-state index in [4.69, 9.17) is 9.84 Å². The first-order chi connectivity index (χ1) is 6.97. The molecule has 0 aliphatic rings. The van der Waals surface area contributed by atoms with Gasteiger partial charge in [0.05, 0.1) is 6.61 Å². The van der Waals surface area contributed by atoms with Crippen LogP contribution in [0.5, 0.6) is 0 Å². The van der Waals surface area contributed by atoms with Crippen LogP contribution in [-0.4, -0.2) is 29.8 Å². The van der Waals surface area contributed by atoms with E-state index >= 15 is 0 Å².